The number of hydrogen-bond acceptors (Lipinski definition) is 11. The number of benzene rings is 3. The number of allylic oxidation sites excluding steroid dienone is 1. The van der Waals surface area contributed by atoms with Crippen LogP contribution in [0.2, 0.25) is 0 Å². The van der Waals surface area contributed by atoms with Gasteiger partial charge in [-0.2, -0.15) is 0 Å². The molecule has 13 heteroatoms. The van der Waals surface area contributed by atoms with Crippen LogP contribution in [-0.4, -0.2) is 94.9 Å². The van der Waals surface area contributed by atoms with Crippen LogP contribution in [0, 0.1) is 5.92 Å². The molecular formula is C48H56N2O11. The standard InChI is InChI=1S/C48H56N2O11/c1-29(52)42(45(55)49-36(28-51)21-23-41(53)60-47(2,3)4)50-44(54)33-26-39(58-46(56)32-13-11-12-30(24-32)18-19-31-20-22-37-38(25-31)57-37)43-40(27-33)59-48(61-43,34-14-7-5-8-15-34)35-16-9-6-10-17-35/h5-19,24,27,29,31,36-40,42-43,51-52H,20-23,25-26,28H2,1-4H3,(H,49,55)(H,50,54). The number of carbonyl (C=O) groups excluding carboxylic acids is 4. The Bertz CT molecular complexity index is 2060. The average Bonchev–Trinajstić information content (AvgIpc) is 3.91. The van der Waals surface area contributed by atoms with Crippen molar-refractivity contribution in [3.63, 3.8) is 0 Å². The Morgan fingerprint density at radius 3 is 2.26 bits per heavy atom. The van der Waals surface area contributed by atoms with Gasteiger partial charge < -0.3 is 44.5 Å². The van der Waals surface area contributed by atoms with Crippen LogP contribution in [0.15, 0.2) is 103 Å². The minimum absolute atomic E-state index is 0.0662. The van der Waals surface area contributed by atoms with E-state index in [9.17, 15) is 29.4 Å². The smallest absolute Gasteiger partial charge is 0.338 e. The molecule has 9 unspecified atom stereocenters. The first-order chi connectivity index (χ1) is 29.2. The monoisotopic (exact) mass is 836 g/mol. The van der Waals surface area contributed by atoms with Gasteiger partial charge in [-0.15, -0.1) is 0 Å². The summed E-state index contributed by atoms with van der Waals surface area (Å²) < 4.78 is 30.9. The van der Waals surface area contributed by atoms with Gasteiger partial charge >= 0.3 is 11.9 Å². The molecule has 4 aliphatic rings. The van der Waals surface area contributed by atoms with Crippen LogP contribution < -0.4 is 10.6 Å². The third-order valence-corrected chi connectivity index (χ3v) is 11.4. The molecule has 0 aromatic heterocycles. The van der Waals surface area contributed by atoms with E-state index >= 15 is 0 Å². The average molecular weight is 837 g/mol. The lowest BCUT2D eigenvalue weighted by Gasteiger charge is -2.32. The number of rotatable bonds is 15. The number of ether oxygens (including phenoxy) is 5. The maximum Gasteiger partial charge on any atom is 0.338 e. The number of amides is 2. The summed E-state index contributed by atoms with van der Waals surface area (Å²) in [5.41, 5.74) is 2.00. The van der Waals surface area contributed by atoms with Crippen LogP contribution in [0.5, 0.6) is 0 Å². The summed E-state index contributed by atoms with van der Waals surface area (Å²) in [6.45, 7) is 6.08. The Morgan fingerprint density at radius 2 is 1.62 bits per heavy atom. The van der Waals surface area contributed by atoms with Crippen molar-refractivity contribution in [2.24, 2.45) is 5.92 Å². The minimum atomic E-state index is -1.45. The molecule has 2 amide bonds. The molecule has 2 saturated heterocycles. The van der Waals surface area contributed by atoms with Gasteiger partial charge in [0.15, 0.2) is 0 Å². The van der Waals surface area contributed by atoms with Crippen molar-refractivity contribution in [3.05, 3.63) is 125 Å². The SMILES string of the molecule is CC(O)C(NC(=O)C1=CC2OC(c3ccccc3)(c3ccccc3)OC2C(OC(=O)c2cccc(C=CC3CCC4OC4C3)c2)C1)C(=O)NC(CO)CCC(=O)OC(C)(C)C. The topological polar surface area (TPSA) is 182 Å². The van der Waals surface area contributed by atoms with E-state index in [1.165, 1.54) is 6.92 Å². The Balaban J connectivity index is 1.12. The van der Waals surface area contributed by atoms with E-state index in [2.05, 4.69) is 16.7 Å². The number of nitrogens with one attached hydrogen (secondary N) is 2. The third-order valence-electron chi connectivity index (χ3n) is 11.4. The van der Waals surface area contributed by atoms with Crippen molar-refractivity contribution in [1.82, 2.24) is 10.6 Å². The summed E-state index contributed by atoms with van der Waals surface area (Å²) >= 11 is 0. The van der Waals surface area contributed by atoms with Crippen molar-refractivity contribution in [2.45, 2.75) is 126 Å². The molecule has 3 aromatic carbocycles. The molecule has 0 bridgehead atoms. The molecule has 324 valence electrons. The van der Waals surface area contributed by atoms with Crippen molar-refractivity contribution in [2.75, 3.05) is 6.61 Å². The largest absolute Gasteiger partial charge is 0.460 e. The van der Waals surface area contributed by atoms with Crippen LogP contribution in [0.4, 0.5) is 0 Å². The highest BCUT2D eigenvalue weighted by Crippen LogP contribution is 2.47. The second-order valence-corrected chi connectivity index (χ2v) is 17.3. The van der Waals surface area contributed by atoms with Crippen LogP contribution in [-0.2, 0) is 43.9 Å². The lowest BCUT2D eigenvalue weighted by atomic mass is 9.88. The summed E-state index contributed by atoms with van der Waals surface area (Å²) in [6.07, 6.45) is 5.46. The molecule has 0 radical (unpaired) electrons. The second-order valence-electron chi connectivity index (χ2n) is 17.3. The van der Waals surface area contributed by atoms with Gasteiger partial charge in [0.25, 0.3) is 0 Å². The molecule has 1 saturated carbocycles. The summed E-state index contributed by atoms with van der Waals surface area (Å²) in [5.74, 6) is -3.60. The lowest BCUT2D eigenvalue weighted by molar-refractivity contribution is -0.157. The molecule has 3 aromatic rings. The molecule has 0 spiro atoms. The predicted molar refractivity (Wildman–Crippen MR) is 224 cm³/mol. The molecule has 9 atom stereocenters. The zero-order valence-corrected chi connectivity index (χ0v) is 35.0. The van der Waals surface area contributed by atoms with Crippen molar-refractivity contribution < 1.29 is 53.1 Å². The van der Waals surface area contributed by atoms with Gasteiger partial charge in [-0.25, -0.2) is 4.79 Å². The van der Waals surface area contributed by atoms with E-state index in [0.717, 1.165) is 24.8 Å². The van der Waals surface area contributed by atoms with E-state index in [0.29, 0.717) is 34.8 Å². The van der Waals surface area contributed by atoms with Crippen molar-refractivity contribution in [1.29, 1.82) is 0 Å². The van der Waals surface area contributed by atoms with E-state index in [-0.39, 0.29) is 24.8 Å². The van der Waals surface area contributed by atoms with Gasteiger partial charge in [-0.1, -0.05) is 84.9 Å². The molecular weight excluding hydrogens is 781 g/mol. The number of esters is 2. The fraction of sp³-hybridized carbons (Fsp3) is 0.458. The Hall–Kier alpha value is -5.18. The van der Waals surface area contributed by atoms with Crippen LogP contribution >= 0.6 is 0 Å². The summed E-state index contributed by atoms with van der Waals surface area (Å²) in [5, 5.41) is 26.0. The number of epoxide rings is 1. The number of aliphatic hydroxyl groups excluding tert-OH is 2. The van der Waals surface area contributed by atoms with Crippen LogP contribution in [0.25, 0.3) is 6.08 Å². The normalized spacial score (nSPS) is 25.5. The van der Waals surface area contributed by atoms with Crippen LogP contribution in [0.1, 0.15) is 93.3 Å². The van der Waals surface area contributed by atoms with E-state index in [1.807, 2.05) is 72.8 Å². The van der Waals surface area contributed by atoms with Gasteiger partial charge in [0.2, 0.25) is 17.6 Å². The predicted octanol–water partition coefficient (Wildman–Crippen LogP) is 5.27. The quantitative estimate of drug-likeness (QED) is 0.116. The van der Waals surface area contributed by atoms with Gasteiger partial charge in [0, 0.05) is 29.5 Å². The highest BCUT2D eigenvalue weighted by molar-refractivity contribution is 5.98. The van der Waals surface area contributed by atoms with E-state index < -0.39 is 78.2 Å². The first-order valence-electron chi connectivity index (χ1n) is 21.2. The zero-order chi connectivity index (χ0) is 43.3. The lowest BCUT2D eigenvalue weighted by Crippen LogP contribution is -2.55. The molecule has 2 aliphatic carbocycles. The number of hydrogen-bond donors (Lipinski definition) is 4. The number of fused-ring (bicyclic) bond motifs is 2. The van der Waals surface area contributed by atoms with Gasteiger partial charge in [0.1, 0.15) is 30.0 Å². The summed E-state index contributed by atoms with van der Waals surface area (Å²) in [6, 6.07) is 23.6. The molecule has 61 heavy (non-hydrogen) atoms. The van der Waals surface area contributed by atoms with Gasteiger partial charge in [-0.3, -0.25) is 14.4 Å². The van der Waals surface area contributed by atoms with Crippen molar-refractivity contribution >= 4 is 29.8 Å². The number of carbonyl (C=O) groups is 4. The summed E-state index contributed by atoms with van der Waals surface area (Å²) in [7, 11) is 0. The molecule has 4 N–H and O–H groups in total. The van der Waals surface area contributed by atoms with Crippen molar-refractivity contribution in [3.8, 4) is 0 Å². The Labute approximate surface area is 356 Å². The maximum atomic E-state index is 14.1. The molecule has 2 aliphatic heterocycles. The molecule has 7 rings (SSSR count). The zero-order valence-electron chi connectivity index (χ0n) is 35.0. The minimum Gasteiger partial charge on any atom is -0.460 e. The van der Waals surface area contributed by atoms with E-state index in [4.69, 9.17) is 23.7 Å². The summed E-state index contributed by atoms with van der Waals surface area (Å²) in [4.78, 5) is 54.0. The van der Waals surface area contributed by atoms with Gasteiger partial charge in [0.05, 0.1) is 36.5 Å². The maximum absolute atomic E-state index is 14.1. The highest BCUT2D eigenvalue weighted by atomic mass is 16.8. The molecule has 3 fully saturated rings. The first-order valence-corrected chi connectivity index (χ1v) is 21.2. The molecule has 2 heterocycles. The second kappa shape index (κ2) is 18.8. The van der Waals surface area contributed by atoms with Crippen LogP contribution in [0.3, 0.4) is 0 Å². The fourth-order valence-electron chi connectivity index (χ4n) is 8.25. The molecule has 13 nitrogen and oxygen atoms in total. The van der Waals surface area contributed by atoms with Gasteiger partial charge in [-0.05, 0) is 83.1 Å². The highest BCUT2D eigenvalue weighted by Gasteiger charge is 2.55. The third kappa shape index (κ3) is 10.8. The number of aliphatic hydroxyl groups is 2. The Morgan fingerprint density at radius 1 is 0.918 bits per heavy atom. The Kier molecular flexibility index (Phi) is 13.6. The fourth-order valence-corrected chi connectivity index (χ4v) is 8.25. The first kappa shape index (κ1) is 43.9. The van der Waals surface area contributed by atoms with E-state index in [1.54, 1.807) is 45.0 Å².